The Labute approximate surface area is 124 Å². The van der Waals surface area contributed by atoms with Gasteiger partial charge in [0.1, 0.15) is 5.75 Å². The van der Waals surface area contributed by atoms with Gasteiger partial charge in [-0.05, 0) is 38.7 Å². The fraction of sp³-hybridized carbons (Fsp3) is 0.562. The second-order valence-corrected chi connectivity index (χ2v) is 5.39. The molecule has 1 aromatic carbocycles. The fourth-order valence-corrected chi connectivity index (χ4v) is 2.19. The minimum Gasteiger partial charge on any atom is -0.508 e. The van der Waals surface area contributed by atoms with E-state index in [2.05, 4.69) is 0 Å². The van der Waals surface area contributed by atoms with E-state index in [1.807, 2.05) is 6.92 Å². The number of ketones is 1. The first kappa shape index (κ1) is 17.3. The lowest BCUT2D eigenvalue weighted by molar-refractivity contribution is 0.0968. The maximum Gasteiger partial charge on any atom is 0.169 e. The van der Waals surface area contributed by atoms with Crippen molar-refractivity contribution >= 4 is 5.78 Å². The summed E-state index contributed by atoms with van der Waals surface area (Å²) in [6.45, 7) is 3.62. The molecule has 0 fully saturated rings. The van der Waals surface area contributed by atoms with Crippen LogP contribution >= 0.6 is 0 Å². The van der Waals surface area contributed by atoms with E-state index in [0.717, 1.165) is 12.8 Å². The van der Waals surface area contributed by atoms with E-state index in [0.29, 0.717) is 19.3 Å². The van der Waals surface area contributed by atoms with Gasteiger partial charge in [-0.25, -0.2) is 0 Å². The van der Waals surface area contributed by atoms with Crippen LogP contribution in [0.15, 0.2) is 6.07 Å². The van der Waals surface area contributed by atoms with Gasteiger partial charge in [-0.3, -0.25) is 4.79 Å². The predicted octanol–water partition coefficient (Wildman–Crippen LogP) is 2.88. The van der Waals surface area contributed by atoms with E-state index >= 15 is 0 Å². The highest BCUT2D eigenvalue weighted by atomic mass is 16.3. The van der Waals surface area contributed by atoms with Crippen LogP contribution in [0, 0.1) is 0 Å². The number of aliphatic hydroxyl groups is 1. The molecular formula is C16H24O5. The average molecular weight is 296 g/mol. The monoisotopic (exact) mass is 296 g/mol. The Hall–Kier alpha value is -1.75. The number of phenolic OH excluding ortho intramolecular Hbond substituents is 3. The van der Waals surface area contributed by atoms with Crippen molar-refractivity contribution < 1.29 is 25.2 Å². The normalized spacial score (nSPS) is 12.3. The minimum absolute atomic E-state index is 0.0733. The van der Waals surface area contributed by atoms with Gasteiger partial charge in [0.05, 0.1) is 11.7 Å². The van der Waals surface area contributed by atoms with Gasteiger partial charge < -0.3 is 20.4 Å². The van der Waals surface area contributed by atoms with Crippen molar-refractivity contribution in [2.24, 2.45) is 0 Å². The standard InChI is InChI=1S/C16H24O5/c1-3-4-7-11-14(19)9-12(16(21)15(11)20)13(18)8-5-6-10(2)17/h9-10,17,19-21H,3-8H2,1-2H3. The number of rotatable bonds is 8. The summed E-state index contributed by atoms with van der Waals surface area (Å²) in [5.74, 6) is -1.42. The molecule has 0 aliphatic carbocycles. The fourth-order valence-electron chi connectivity index (χ4n) is 2.19. The number of benzene rings is 1. The van der Waals surface area contributed by atoms with Crippen LogP contribution in [0.2, 0.25) is 0 Å². The van der Waals surface area contributed by atoms with E-state index in [4.69, 9.17) is 5.11 Å². The highest BCUT2D eigenvalue weighted by molar-refractivity contribution is 6.00. The SMILES string of the molecule is CCCCc1c(O)cc(C(=O)CCCC(C)O)c(O)c1O. The zero-order chi connectivity index (χ0) is 16.0. The molecule has 0 saturated heterocycles. The van der Waals surface area contributed by atoms with Crippen LogP contribution < -0.4 is 0 Å². The third-order valence-electron chi connectivity index (χ3n) is 3.46. The van der Waals surface area contributed by atoms with Gasteiger partial charge in [-0.15, -0.1) is 0 Å². The molecule has 118 valence electrons. The van der Waals surface area contributed by atoms with Crippen LogP contribution in [0.25, 0.3) is 0 Å². The van der Waals surface area contributed by atoms with Gasteiger partial charge >= 0.3 is 0 Å². The van der Waals surface area contributed by atoms with Gasteiger partial charge in [0, 0.05) is 12.0 Å². The summed E-state index contributed by atoms with van der Waals surface area (Å²) in [6, 6.07) is 1.21. The molecule has 0 bridgehead atoms. The lowest BCUT2D eigenvalue weighted by atomic mass is 9.98. The molecule has 1 rings (SSSR count). The van der Waals surface area contributed by atoms with Crippen molar-refractivity contribution in [3.05, 3.63) is 17.2 Å². The zero-order valence-electron chi connectivity index (χ0n) is 12.6. The van der Waals surface area contributed by atoms with Crippen LogP contribution in [0.5, 0.6) is 17.2 Å². The number of hydrogen-bond acceptors (Lipinski definition) is 5. The first-order chi connectivity index (χ1) is 9.88. The quantitative estimate of drug-likeness (QED) is 0.336. The van der Waals surface area contributed by atoms with E-state index in [9.17, 15) is 20.1 Å². The smallest absolute Gasteiger partial charge is 0.169 e. The third-order valence-corrected chi connectivity index (χ3v) is 3.46. The van der Waals surface area contributed by atoms with Crippen LogP contribution in [0.1, 0.15) is 61.9 Å². The second kappa shape index (κ2) is 7.88. The van der Waals surface area contributed by atoms with Crippen LogP contribution in [-0.4, -0.2) is 32.3 Å². The van der Waals surface area contributed by atoms with Gasteiger partial charge in [0.2, 0.25) is 0 Å². The van der Waals surface area contributed by atoms with E-state index < -0.39 is 17.6 Å². The van der Waals surface area contributed by atoms with Gasteiger partial charge in [-0.1, -0.05) is 13.3 Å². The molecule has 0 aliphatic rings. The van der Waals surface area contributed by atoms with Crippen molar-refractivity contribution in [3.63, 3.8) is 0 Å². The van der Waals surface area contributed by atoms with Crippen molar-refractivity contribution in [1.82, 2.24) is 0 Å². The Morgan fingerprint density at radius 2 is 1.86 bits per heavy atom. The first-order valence-electron chi connectivity index (χ1n) is 7.36. The summed E-state index contributed by atoms with van der Waals surface area (Å²) >= 11 is 0. The molecule has 1 atom stereocenters. The highest BCUT2D eigenvalue weighted by Gasteiger charge is 2.20. The topological polar surface area (TPSA) is 98.0 Å². The molecule has 1 aromatic rings. The van der Waals surface area contributed by atoms with E-state index in [1.165, 1.54) is 6.07 Å². The summed E-state index contributed by atoms with van der Waals surface area (Å²) in [4.78, 5) is 12.0. The molecule has 5 nitrogen and oxygen atoms in total. The molecule has 0 radical (unpaired) electrons. The molecule has 0 spiro atoms. The molecule has 21 heavy (non-hydrogen) atoms. The molecule has 4 N–H and O–H groups in total. The number of unbranched alkanes of at least 4 members (excludes halogenated alkanes) is 1. The third kappa shape index (κ3) is 4.63. The summed E-state index contributed by atoms with van der Waals surface area (Å²) in [5.41, 5.74) is 0.200. The number of carbonyl (C=O) groups is 1. The Kier molecular flexibility index (Phi) is 6.49. The summed E-state index contributed by atoms with van der Waals surface area (Å²) in [5, 5.41) is 39.0. The van der Waals surface area contributed by atoms with Crippen LogP contribution in [0.3, 0.4) is 0 Å². The van der Waals surface area contributed by atoms with Crippen molar-refractivity contribution in [3.8, 4) is 17.2 Å². The Morgan fingerprint density at radius 3 is 2.43 bits per heavy atom. The average Bonchev–Trinajstić information content (AvgIpc) is 2.42. The van der Waals surface area contributed by atoms with E-state index in [-0.39, 0.29) is 29.1 Å². The largest absolute Gasteiger partial charge is 0.508 e. The van der Waals surface area contributed by atoms with Crippen LogP contribution in [-0.2, 0) is 6.42 Å². The van der Waals surface area contributed by atoms with Gasteiger partial charge in [-0.2, -0.15) is 0 Å². The Bertz CT molecular complexity index is 494. The lowest BCUT2D eigenvalue weighted by Gasteiger charge is -2.12. The minimum atomic E-state index is -0.482. The number of aliphatic hydroxyl groups excluding tert-OH is 1. The van der Waals surface area contributed by atoms with Crippen molar-refractivity contribution in [1.29, 1.82) is 0 Å². The van der Waals surface area contributed by atoms with Crippen molar-refractivity contribution in [2.45, 2.75) is 58.5 Å². The lowest BCUT2D eigenvalue weighted by Crippen LogP contribution is -2.04. The van der Waals surface area contributed by atoms with Gasteiger partial charge in [0.25, 0.3) is 0 Å². The summed E-state index contributed by atoms with van der Waals surface area (Å²) in [7, 11) is 0. The number of carbonyl (C=O) groups excluding carboxylic acids is 1. The molecule has 1 unspecified atom stereocenters. The van der Waals surface area contributed by atoms with E-state index in [1.54, 1.807) is 6.92 Å². The summed E-state index contributed by atoms with van der Waals surface area (Å²) < 4.78 is 0. The van der Waals surface area contributed by atoms with Crippen molar-refractivity contribution in [2.75, 3.05) is 0 Å². The molecule has 0 amide bonds. The molecule has 5 heteroatoms. The maximum atomic E-state index is 12.0. The summed E-state index contributed by atoms with van der Waals surface area (Å²) in [6.07, 6.45) is 2.73. The number of Topliss-reactive ketones (excluding diaryl/α,β-unsaturated/α-hetero) is 1. The maximum absolute atomic E-state index is 12.0. The van der Waals surface area contributed by atoms with Crippen LogP contribution in [0.4, 0.5) is 0 Å². The van der Waals surface area contributed by atoms with Gasteiger partial charge in [0.15, 0.2) is 17.3 Å². The number of hydrogen-bond donors (Lipinski definition) is 4. The first-order valence-corrected chi connectivity index (χ1v) is 7.36. The zero-order valence-corrected chi connectivity index (χ0v) is 12.6. The highest BCUT2D eigenvalue weighted by Crippen LogP contribution is 2.40. The second-order valence-electron chi connectivity index (χ2n) is 5.39. The molecule has 0 heterocycles. The Morgan fingerprint density at radius 1 is 1.19 bits per heavy atom. The molecule has 0 aromatic heterocycles. The molecule has 0 aliphatic heterocycles. The molecule has 0 saturated carbocycles. The Balaban J connectivity index is 2.91. The number of aromatic hydroxyl groups is 3. The number of phenols is 3. The predicted molar refractivity (Wildman–Crippen MR) is 79.9 cm³/mol. The molecular weight excluding hydrogens is 272 g/mol.